The first kappa shape index (κ1) is 9.12. The lowest BCUT2D eigenvalue weighted by Gasteiger charge is -2.28. The van der Waals surface area contributed by atoms with Crippen molar-refractivity contribution in [3.05, 3.63) is 17.5 Å². The van der Waals surface area contributed by atoms with Gasteiger partial charge in [-0.1, -0.05) is 13.8 Å². The van der Waals surface area contributed by atoms with Crippen molar-refractivity contribution in [3.8, 4) is 0 Å². The number of hydrogen-bond donors (Lipinski definition) is 1. The molecule has 1 heterocycles. The van der Waals surface area contributed by atoms with E-state index >= 15 is 0 Å². The summed E-state index contributed by atoms with van der Waals surface area (Å²) in [6.45, 7) is 3.91. The van der Waals surface area contributed by atoms with E-state index < -0.39 is 0 Å². The molecule has 0 bridgehead atoms. The average molecular weight is 191 g/mol. The Morgan fingerprint density at radius 2 is 2.21 bits per heavy atom. The van der Waals surface area contributed by atoms with Crippen molar-refractivity contribution in [2.24, 2.45) is 5.41 Å². The fourth-order valence-corrected chi connectivity index (χ4v) is 1.72. The van der Waals surface area contributed by atoms with E-state index in [4.69, 9.17) is 5.73 Å². The number of Topliss-reactive ketones (excluding diaryl/α,β-unsaturated/α-hetero) is 1. The summed E-state index contributed by atoms with van der Waals surface area (Å²) in [5.74, 6) is 0.370. The molecule has 0 aliphatic heterocycles. The summed E-state index contributed by atoms with van der Waals surface area (Å²) in [4.78, 5) is 19.9. The Kier molecular flexibility index (Phi) is 1.80. The Bertz CT molecular complexity index is 398. The van der Waals surface area contributed by atoms with Gasteiger partial charge in [-0.3, -0.25) is 4.79 Å². The first-order valence-corrected chi connectivity index (χ1v) is 4.67. The van der Waals surface area contributed by atoms with Crippen LogP contribution in [0.25, 0.3) is 0 Å². The highest BCUT2D eigenvalue weighted by Crippen LogP contribution is 2.33. The highest BCUT2D eigenvalue weighted by Gasteiger charge is 2.35. The molecular formula is C10H13N3O. The highest BCUT2D eigenvalue weighted by molar-refractivity contribution is 6.01. The third-order valence-corrected chi connectivity index (χ3v) is 2.73. The number of ketones is 1. The van der Waals surface area contributed by atoms with Crippen LogP contribution < -0.4 is 5.73 Å². The Morgan fingerprint density at radius 1 is 1.50 bits per heavy atom. The molecule has 2 N–H and O–H groups in total. The van der Waals surface area contributed by atoms with Crippen molar-refractivity contribution >= 4 is 11.7 Å². The molecule has 0 unspecified atom stereocenters. The van der Waals surface area contributed by atoms with Gasteiger partial charge in [0.1, 0.15) is 0 Å². The summed E-state index contributed by atoms with van der Waals surface area (Å²) in [5, 5.41) is 0. The number of aryl methyl sites for hydroxylation is 1. The lowest BCUT2D eigenvalue weighted by molar-refractivity contribution is 0.0809. The number of nitrogens with two attached hydrogens (primary N) is 1. The lowest BCUT2D eigenvalue weighted by Crippen LogP contribution is -2.31. The molecule has 0 radical (unpaired) electrons. The Labute approximate surface area is 82.6 Å². The van der Waals surface area contributed by atoms with Crippen molar-refractivity contribution in [3.63, 3.8) is 0 Å². The number of carbonyl (C=O) groups excluding carboxylic acids is 1. The third kappa shape index (κ3) is 1.27. The maximum atomic E-state index is 11.9. The van der Waals surface area contributed by atoms with Crippen molar-refractivity contribution in [2.45, 2.75) is 26.7 Å². The van der Waals surface area contributed by atoms with E-state index in [1.807, 2.05) is 13.8 Å². The molecule has 0 amide bonds. The second-order valence-electron chi connectivity index (χ2n) is 4.30. The summed E-state index contributed by atoms with van der Waals surface area (Å²) >= 11 is 0. The lowest BCUT2D eigenvalue weighted by atomic mass is 9.75. The Balaban J connectivity index is 2.52. The summed E-state index contributed by atoms with van der Waals surface area (Å²) in [7, 11) is 0. The monoisotopic (exact) mass is 191 g/mol. The predicted octanol–water partition coefficient (Wildman–Crippen LogP) is 1.21. The van der Waals surface area contributed by atoms with E-state index in [0.717, 1.165) is 18.5 Å². The van der Waals surface area contributed by atoms with Gasteiger partial charge in [-0.15, -0.1) is 0 Å². The normalized spacial score (nSPS) is 19.1. The molecular weight excluding hydrogens is 178 g/mol. The summed E-state index contributed by atoms with van der Waals surface area (Å²) < 4.78 is 0. The molecule has 0 saturated heterocycles. The summed E-state index contributed by atoms with van der Waals surface area (Å²) in [5.41, 5.74) is 6.60. The van der Waals surface area contributed by atoms with Crippen LogP contribution in [0.4, 0.5) is 5.95 Å². The SMILES string of the molecule is CC1(C)CCc2nc(N)ncc2C1=O. The van der Waals surface area contributed by atoms with Crippen LogP contribution in [0.2, 0.25) is 0 Å². The summed E-state index contributed by atoms with van der Waals surface area (Å²) in [6.07, 6.45) is 3.18. The molecule has 74 valence electrons. The molecule has 2 rings (SSSR count). The fourth-order valence-electron chi connectivity index (χ4n) is 1.72. The van der Waals surface area contributed by atoms with Crippen LogP contribution in [0.5, 0.6) is 0 Å². The maximum absolute atomic E-state index is 11.9. The number of nitrogen functional groups attached to an aromatic ring is 1. The minimum Gasteiger partial charge on any atom is -0.368 e. The second kappa shape index (κ2) is 2.77. The van der Waals surface area contributed by atoms with Crippen molar-refractivity contribution in [2.75, 3.05) is 5.73 Å². The van der Waals surface area contributed by atoms with Gasteiger partial charge < -0.3 is 5.73 Å². The van der Waals surface area contributed by atoms with Crippen LogP contribution >= 0.6 is 0 Å². The number of carbonyl (C=O) groups is 1. The van der Waals surface area contributed by atoms with Crippen molar-refractivity contribution < 1.29 is 4.79 Å². The van der Waals surface area contributed by atoms with E-state index in [1.165, 1.54) is 0 Å². The standard InChI is InChI=1S/C10H13N3O/c1-10(2)4-3-7-6(8(10)14)5-12-9(11)13-7/h5H,3-4H2,1-2H3,(H2,11,12,13). The number of nitrogens with zero attached hydrogens (tertiary/aromatic N) is 2. The van der Waals surface area contributed by atoms with Crippen molar-refractivity contribution in [1.29, 1.82) is 0 Å². The molecule has 0 atom stereocenters. The number of fused-ring (bicyclic) bond motifs is 1. The first-order chi connectivity index (χ1) is 6.50. The first-order valence-electron chi connectivity index (χ1n) is 4.67. The zero-order chi connectivity index (χ0) is 10.3. The van der Waals surface area contributed by atoms with E-state index in [0.29, 0.717) is 5.56 Å². The number of aromatic nitrogens is 2. The van der Waals surface area contributed by atoms with Gasteiger partial charge in [0.25, 0.3) is 0 Å². The van der Waals surface area contributed by atoms with E-state index in [1.54, 1.807) is 6.20 Å². The van der Waals surface area contributed by atoms with Gasteiger partial charge in [-0.2, -0.15) is 0 Å². The largest absolute Gasteiger partial charge is 0.368 e. The van der Waals surface area contributed by atoms with E-state index in [9.17, 15) is 4.79 Å². The molecule has 4 heteroatoms. The molecule has 14 heavy (non-hydrogen) atoms. The van der Waals surface area contributed by atoms with Crippen LogP contribution in [0.3, 0.4) is 0 Å². The quantitative estimate of drug-likeness (QED) is 0.669. The maximum Gasteiger partial charge on any atom is 0.220 e. The molecule has 0 saturated carbocycles. The van der Waals surface area contributed by atoms with Crippen LogP contribution in [-0.4, -0.2) is 15.8 Å². The average Bonchev–Trinajstić information content (AvgIpc) is 2.12. The Morgan fingerprint density at radius 3 is 2.93 bits per heavy atom. The van der Waals surface area contributed by atoms with Gasteiger partial charge in [0, 0.05) is 11.6 Å². The number of anilines is 1. The molecule has 1 aromatic heterocycles. The van der Waals surface area contributed by atoms with Crippen LogP contribution in [0.1, 0.15) is 36.3 Å². The minimum atomic E-state index is -0.285. The number of rotatable bonds is 0. The van der Waals surface area contributed by atoms with Gasteiger partial charge >= 0.3 is 0 Å². The molecule has 1 aromatic rings. The molecule has 0 fully saturated rings. The van der Waals surface area contributed by atoms with Crippen LogP contribution in [0, 0.1) is 5.41 Å². The zero-order valence-electron chi connectivity index (χ0n) is 8.37. The summed E-state index contributed by atoms with van der Waals surface area (Å²) in [6, 6.07) is 0. The number of hydrogen-bond acceptors (Lipinski definition) is 4. The highest BCUT2D eigenvalue weighted by atomic mass is 16.1. The molecule has 0 spiro atoms. The van der Waals surface area contributed by atoms with Crippen LogP contribution in [0.15, 0.2) is 6.20 Å². The van der Waals surface area contributed by atoms with E-state index in [2.05, 4.69) is 9.97 Å². The van der Waals surface area contributed by atoms with Gasteiger partial charge in [0.05, 0.1) is 11.3 Å². The third-order valence-electron chi connectivity index (χ3n) is 2.73. The fraction of sp³-hybridized carbons (Fsp3) is 0.500. The predicted molar refractivity (Wildman–Crippen MR) is 52.9 cm³/mol. The minimum absolute atomic E-state index is 0.124. The second-order valence-corrected chi connectivity index (χ2v) is 4.30. The Hall–Kier alpha value is -1.45. The van der Waals surface area contributed by atoms with Gasteiger partial charge in [-0.05, 0) is 12.8 Å². The van der Waals surface area contributed by atoms with Crippen molar-refractivity contribution in [1.82, 2.24) is 9.97 Å². The van der Waals surface area contributed by atoms with Gasteiger partial charge in [0.2, 0.25) is 5.95 Å². The van der Waals surface area contributed by atoms with E-state index in [-0.39, 0.29) is 17.1 Å². The smallest absolute Gasteiger partial charge is 0.220 e. The molecule has 1 aliphatic carbocycles. The zero-order valence-corrected chi connectivity index (χ0v) is 8.37. The molecule has 0 aromatic carbocycles. The molecule has 4 nitrogen and oxygen atoms in total. The van der Waals surface area contributed by atoms with Gasteiger partial charge in [0.15, 0.2) is 5.78 Å². The topological polar surface area (TPSA) is 68.9 Å². The molecule has 1 aliphatic rings. The van der Waals surface area contributed by atoms with Gasteiger partial charge in [-0.25, -0.2) is 9.97 Å². The van der Waals surface area contributed by atoms with Crippen LogP contribution in [-0.2, 0) is 6.42 Å².